The third-order valence-corrected chi connectivity index (χ3v) is 2.99. The number of H-pyrrole nitrogens is 1. The molecule has 0 unspecified atom stereocenters. The molecule has 1 heterocycles. The van der Waals surface area contributed by atoms with Gasteiger partial charge in [-0.25, -0.2) is 9.37 Å². The van der Waals surface area contributed by atoms with Crippen LogP contribution in [0.1, 0.15) is 5.56 Å². The van der Waals surface area contributed by atoms with Gasteiger partial charge in [-0.05, 0) is 29.8 Å². The average molecular weight is 269 g/mol. The minimum Gasteiger partial charge on any atom is -0.352 e. The van der Waals surface area contributed by atoms with Crippen molar-refractivity contribution in [2.24, 2.45) is 0 Å². The summed E-state index contributed by atoms with van der Waals surface area (Å²) in [6.07, 6.45) is 0. The van der Waals surface area contributed by atoms with E-state index in [1.165, 1.54) is 12.1 Å². The number of halogens is 1. The van der Waals surface area contributed by atoms with Gasteiger partial charge in [-0.3, -0.25) is 9.78 Å². The zero-order valence-electron chi connectivity index (χ0n) is 10.6. The van der Waals surface area contributed by atoms with E-state index in [0.29, 0.717) is 23.4 Å². The molecule has 0 saturated carbocycles. The first-order valence-electron chi connectivity index (χ1n) is 6.20. The summed E-state index contributed by atoms with van der Waals surface area (Å²) < 4.78 is 12.8. The zero-order chi connectivity index (χ0) is 13.9. The van der Waals surface area contributed by atoms with Gasteiger partial charge < -0.3 is 5.32 Å². The number of hydrogen-bond acceptors (Lipinski definition) is 3. The maximum absolute atomic E-state index is 12.8. The average Bonchev–Trinajstić information content (AvgIpc) is 2.47. The Labute approximate surface area is 114 Å². The summed E-state index contributed by atoms with van der Waals surface area (Å²) in [6, 6.07) is 13.3. The lowest BCUT2D eigenvalue weighted by atomic mass is 10.2. The number of fused-ring (bicyclic) bond motifs is 1. The van der Waals surface area contributed by atoms with Gasteiger partial charge in [0.1, 0.15) is 5.82 Å². The smallest absolute Gasteiger partial charge is 0.260 e. The van der Waals surface area contributed by atoms with E-state index in [4.69, 9.17) is 0 Å². The van der Waals surface area contributed by atoms with Crippen molar-refractivity contribution in [3.05, 3.63) is 70.3 Å². The van der Waals surface area contributed by atoms with Gasteiger partial charge in [0.15, 0.2) is 0 Å². The molecule has 2 N–H and O–H groups in total. The highest BCUT2D eigenvalue weighted by Crippen LogP contribution is 2.09. The molecule has 3 rings (SSSR count). The third kappa shape index (κ3) is 2.51. The molecule has 1 aromatic heterocycles. The fourth-order valence-corrected chi connectivity index (χ4v) is 1.96. The number of hydrogen-bond donors (Lipinski definition) is 2. The van der Waals surface area contributed by atoms with Crippen molar-refractivity contribution in [3.63, 3.8) is 0 Å². The van der Waals surface area contributed by atoms with Crippen molar-refractivity contribution >= 4 is 16.9 Å². The van der Waals surface area contributed by atoms with Crippen LogP contribution in [0.2, 0.25) is 0 Å². The second-order valence-corrected chi connectivity index (χ2v) is 4.41. The lowest BCUT2D eigenvalue weighted by Crippen LogP contribution is -2.13. The zero-order valence-corrected chi connectivity index (χ0v) is 10.6. The lowest BCUT2D eigenvalue weighted by molar-refractivity contribution is 0.627. The molecule has 5 heteroatoms. The molecule has 0 spiro atoms. The van der Waals surface area contributed by atoms with Gasteiger partial charge in [-0.1, -0.05) is 24.3 Å². The molecule has 0 amide bonds. The maximum Gasteiger partial charge on any atom is 0.260 e. The quantitative estimate of drug-likeness (QED) is 0.768. The molecule has 20 heavy (non-hydrogen) atoms. The van der Waals surface area contributed by atoms with E-state index >= 15 is 0 Å². The fraction of sp³-hybridized carbons (Fsp3) is 0.0667. The Balaban J connectivity index is 1.84. The van der Waals surface area contributed by atoms with E-state index < -0.39 is 0 Å². The molecule has 4 nitrogen and oxygen atoms in total. The number of nitrogens with zero attached hydrogens (tertiary/aromatic N) is 1. The standard InChI is InChI=1S/C15H12FN3O/c16-11-7-5-10(6-8-11)9-17-15-18-13-4-2-1-3-12(13)14(20)19-15/h1-8H,9H2,(H2,17,18,19,20). The van der Waals surface area contributed by atoms with Gasteiger partial charge in [-0.15, -0.1) is 0 Å². The number of nitrogens with one attached hydrogen (secondary N) is 2. The van der Waals surface area contributed by atoms with Crippen LogP contribution in [0.4, 0.5) is 10.3 Å². The monoisotopic (exact) mass is 269 g/mol. The van der Waals surface area contributed by atoms with Gasteiger partial charge in [-0.2, -0.15) is 0 Å². The summed E-state index contributed by atoms with van der Waals surface area (Å²) in [6.45, 7) is 0.460. The van der Waals surface area contributed by atoms with Crippen molar-refractivity contribution in [2.75, 3.05) is 5.32 Å². The summed E-state index contributed by atoms with van der Waals surface area (Å²) in [5.74, 6) is 0.129. The Kier molecular flexibility index (Phi) is 3.16. The topological polar surface area (TPSA) is 57.8 Å². The van der Waals surface area contributed by atoms with Crippen molar-refractivity contribution in [1.29, 1.82) is 0 Å². The normalized spacial score (nSPS) is 10.7. The number of benzene rings is 2. The van der Waals surface area contributed by atoms with E-state index in [9.17, 15) is 9.18 Å². The van der Waals surface area contributed by atoms with Crippen LogP contribution >= 0.6 is 0 Å². The molecule has 0 atom stereocenters. The summed E-state index contributed by atoms with van der Waals surface area (Å²) >= 11 is 0. The largest absolute Gasteiger partial charge is 0.352 e. The second-order valence-electron chi connectivity index (χ2n) is 4.41. The van der Waals surface area contributed by atoms with E-state index in [2.05, 4.69) is 15.3 Å². The van der Waals surface area contributed by atoms with Crippen LogP contribution < -0.4 is 10.9 Å². The second kappa shape index (κ2) is 5.13. The van der Waals surface area contributed by atoms with Crippen LogP contribution in [0.15, 0.2) is 53.3 Å². The number of rotatable bonds is 3. The molecule has 0 aliphatic heterocycles. The molecule has 0 fully saturated rings. The first-order valence-corrected chi connectivity index (χ1v) is 6.20. The minimum absolute atomic E-state index is 0.183. The molecule has 0 aliphatic rings. The first-order chi connectivity index (χ1) is 9.72. The van der Waals surface area contributed by atoms with E-state index in [1.807, 2.05) is 6.07 Å². The SMILES string of the molecule is O=c1[nH]c(NCc2ccc(F)cc2)nc2ccccc12. The van der Waals surface area contributed by atoms with Gasteiger partial charge in [0.2, 0.25) is 5.95 Å². The summed E-state index contributed by atoms with van der Waals surface area (Å²) in [4.78, 5) is 18.9. The summed E-state index contributed by atoms with van der Waals surface area (Å²) in [5.41, 5.74) is 1.36. The van der Waals surface area contributed by atoms with Gasteiger partial charge in [0.05, 0.1) is 10.9 Å². The number of para-hydroxylation sites is 1. The number of aromatic nitrogens is 2. The molecule has 3 aromatic rings. The van der Waals surface area contributed by atoms with E-state index in [1.54, 1.807) is 30.3 Å². The number of aromatic amines is 1. The molecular weight excluding hydrogens is 257 g/mol. The molecule has 0 radical (unpaired) electrons. The van der Waals surface area contributed by atoms with Crippen LogP contribution in [0.5, 0.6) is 0 Å². The highest BCUT2D eigenvalue weighted by Gasteiger charge is 2.02. The Morgan fingerprint density at radius 2 is 1.85 bits per heavy atom. The summed E-state index contributed by atoms with van der Waals surface area (Å²) in [5, 5.41) is 3.58. The van der Waals surface area contributed by atoms with Gasteiger partial charge in [0, 0.05) is 6.54 Å². The Morgan fingerprint density at radius 3 is 2.65 bits per heavy atom. The predicted molar refractivity (Wildman–Crippen MR) is 76.1 cm³/mol. The summed E-state index contributed by atoms with van der Waals surface area (Å²) in [7, 11) is 0. The number of anilines is 1. The minimum atomic E-state index is -0.272. The molecule has 0 bridgehead atoms. The van der Waals surface area contributed by atoms with Crippen LogP contribution in [0.3, 0.4) is 0 Å². The van der Waals surface area contributed by atoms with Crippen molar-refractivity contribution < 1.29 is 4.39 Å². The molecule has 100 valence electrons. The van der Waals surface area contributed by atoms with Crippen LogP contribution in [-0.4, -0.2) is 9.97 Å². The highest BCUT2D eigenvalue weighted by atomic mass is 19.1. The van der Waals surface area contributed by atoms with Crippen LogP contribution in [-0.2, 0) is 6.54 Å². The molecule has 0 saturated heterocycles. The predicted octanol–water partition coefficient (Wildman–Crippen LogP) is 2.67. The van der Waals surface area contributed by atoms with Crippen LogP contribution in [0, 0.1) is 5.82 Å². The third-order valence-electron chi connectivity index (χ3n) is 2.99. The van der Waals surface area contributed by atoms with Crippen molar-refractivity contribution in [3.8, 4) is 0 Å². The van der Waals surface area contributed by atoms with Gasteiger partial charge >= 0.3 is 0 Å². The Hall–Kier alpha value is -2.69. The van der Waals surface area contributed by atoms with Crippen LogP contribution in [0.25, 0.3) is 10.9 Å². The van der Waals surface area contributed by atoms with Crippen molar-refractivity contribution in [2.45, 2.75) is 6.54 Å². The van der Waals surface area contributed by atoms with E-state index in [-0.39, 0.29) is 11.4 Å². The highest BCUT2D eigenvalue weighted by molar-refractivity contribution is 5.78. The first kappa shape index (κ1) is 12.3. The molecule has 0 aliphatic carbocycles. The Morgan fingerprint density at radius 1 is 1.10 bits per heavy atom. The Bertz CT molecular complexity index is 796. The molecule has 2 aromatic carbocycles. The fourth-order valence-electron chi connectivity index (χ4n) is 1.96. The van der Waals surface area contributed by atoms with E-state index in [0.717, 1.165) is 5.56 Å². The van der Waals surface area contributed by atoms with Crippen molar-refractivity contribution in [1.82, 2.24) is 9.97 Å². The lowest BCUT2D eigenvalue weighted by Gasteiger charge is -2.06. The van der Waals surface area contributed by atoms with Gasteiger partial charge in [0.25, 0.3) is 5.56 Å². The molecular formula is C15H12FN3O. The maximum atomic E-state index is 12.8.